The number of ether oxygens (including phenoxy) is 1. The van der Waals surface area contributed by atoms with Gasteiger partial charge in [-0.3, -0.25) is 0 Å². The fourth-order valence-electron chi connectivity index (χ4n) is 1.02. The van der Waals surface area contributed by atoms with Crippen LogP contribution in [0.5, 0.6) is 0 Å². The molecular formula is C8H14O6SSi4. The number of esters is 1. The summed E-state index contributed by atoms with van der Waals surface area (Å²) in [6.45, 7) is 5.73. The lowest BCUT2D eigenvalue weighted by Gasteiger charge is -2.27. The third-order valence-electron chi connectivity index (χ3n) is 2.02. The van der Waals surface area contributed by atoms with E-state index in [0.717, 1.165) is 23.6 Å². The maximum absolute atomic E-state index is 10.8. The van der Waals surface area contributed by atoms with E-state index in [0.29, 0.717) is 6.61 Å². The summed E-state index contributed by atoms with van der Waals surface area (Å²) in [6, 6.07) is 0.850. The molecule has 11 heteroatoms. The predicted molar refractivity (Wildman–Crippen MR) is 76.5 cm³/mol. The van der Waals surface area contributed by atoms with E-state index < -0.39 is 8.56 Å². The monoisotopic (exact) mass is 350 g/mol. The van der Waals surface area contributed by atoms with E-state index in [1.54, 1.807) is 11.8 Å². The first-order valence-electron chi connectivity index (χ1n) is 5.46. The van der Waals surface area contributed by atoms with E-state index in [4.69, 9.17) is 21.2 Å². The molecule has 19 heavy (non-hydrogen) atoms. The third-order valence-corrected chi connectivity index (χ3v) is 9.94. The third kappa shape index (κ3) is 8.21. The molecule has 104 valence electrons. The first-order chi connectivity index (χ1) is 9.16. The topological polar surface area (TPSA) is 63.2 Å². The van der Waals surface area contributed by atoms with Gasteiger partial charge in [0.25, 0.3) is 0 Å². The summed E-state index contributed by atoms with van der Waals surface area (Å²) in [5.41, 5.74) is 0. The average molecular weight is 351 g/mol. The van der Waals surface area contributed by atoms with Gasteiger partial charge in [-0.25, -0.2) is 4.79 Å². The maximum Gasteiger partial charge on any atom is 0.413 e. The zero-order valence-electron chi connectivity index (χ0n) is 10.5. The highest BCUT2D eigenvalue weighted by molar-refractivity contribution is 7.99. The van der Waals surface area contributed by atoms with E-state index in [-0.39, 0.29) is 36.0 Å². The Morgan fingerprint density at radius 2 is 2.00 bits per heavy atom. The van der Waals surface area contributed by atoms with E-state index >= 15 is 0 Å². The summed E-state index contributed by atoms with van der Waals surface area (Å²) in [6.07, 6.45) is 1.16. The molecule has 0 amide bonds. The Balaban J connectivity index is 2.09. The molecule has 0 aromatic carbocycles. The minimum absolute atomic E-state index is 0.00105. The number of hydrogen-bond donors (Lipinski definition) is 0. The van der Waals surface area contributed by atoms with Crippen LogP contribution in [-0.4, -0.2) is 62.7 Å². The number of carbonyl (C=O) groups is 1. The summed E-state index contributed by atoms with van der Waals surface area (Å²) in [4.78, 5) is 10.8. The van der Waals surface area contributed by atoms with Crippen LogP contribution in [0.4, 0.5) is 0 Å². The molecule has 6 nitrogen and oxygen atoms in total. The van der Waals surface area contributed by atoms with E-state index in [2.05, 4.69) is 6.58 Å². The molecule has 0 N–H and O–H groups in total. The molecule has 6 radical (unpaired) electrons. The lowest BCUT2D eigenvalue weighted by Crippen LogP contribution is -2.45. The molecule has 0 aromatic rings. The highest BCUT2D eigenvalue weighted by Gasteiger charge is 2.33. The van der Waals surface area contributed by atoms with Gasteiger partial charge in [0.2, 0.25) is 0 Å². The van der Waals surface area contributed by atoms with Crippen LogP contribution in [0.2, 0.25) is 12.6 Å². The molecule has 1 aliphatic rings. The van der Waals surface area contributed by atoms with Crippen LogP contribution in [0.15, 0.2) is 12.7 Å². The number of hydrogen-bond acceptors (Lipinski definition) is 7. The minimum atomic E-state index is -2.17. The summed E-state index contributed by atoms with van der Waals surface area (Å²) >= 11 is 1.70. The van der Waals surface area contributed by atoms with Crippen molar-refractivity contribution in [3.05, 3.63) is 12.7 Å². The highest BCUT2D eigenvalue weighted by atomic mass is 32.2. The molecule has 0 bridgehead atoms. The molecule has 1 fully saturated rings. The van der Waals surface area contributed by atoms with E-state index in [1.807, 2.05) is 6.55 Å². The SMILES string of the molecule is C=CC(=O)OCCSCC[Si]1(C)O[Si]O[Si]O[Si]O1. The Hall–Kier alpha value is 0.268. The van der Waals surface area contributed by atoms with E-state index in [9.17, 15) is 4.79 Å². The van der Waals surface area contributed by atoms with Gasteiger partial charge in [-0.05, 0) is 18.3 Å². The Morgan fingerprint density at radius 3 is 2.63 bits per heavy atom. The summed E-state index contributed by atoms with van der Waals surface area (Å²) in [5.74, 6) is 1.26. The molecule has 0 saturated carbocycles. The molecular weight excluding hydrogens is 336 g/mol. The normalized spacial score (nSPS) is 19.2. The average Bonchev–Trinajstić information content (AvgIpc) is 2.38. The molecule has 0 spiro atoms. The Morgan fingerprint density at radius 1 is 1.32 bits per heavy atom. The largest absolute Gasteiger partial charge is 0.462 e. The molecule has 0 unspecified atom stereocenters. The molecule has 0 aliphatic carbocycles. The summed E-state index contributed by atoms with van der Waals surface area (Å²) in [7, 11) is -2.19. The second-order valence-electron chi connectivity index (χ2n) is 3.53. The van der Waals surface area contributed by atoms with Crippen molar-refractivity contribution in [2.45, 2.75) is 12.6 Å². The predicted octanol–water partition coefficient (Wildman–Crippen LogP) is 0.203. The molecule has 0 atom stereocenters. The van der Waals surface area contributed by atoms with Gasteiger partial charge in [-0.1, -0.05) is 6.58 Å². The maximum atomic E-state index is 10.8. The van der Waals surface area contributed by atoms with E-state index in [1.165, 1.54) is 0 Å². The van der Waals surface area contributed by atoms with Crippen LogP contribution < -0.4 is 0 Å². The minimum Gasteiger partial charge on any atom is -0.462 e. The molecule has 1 saturated heterocycles. The van der Waals surface area contributed by atoms with Crippen LogP contribution in [0.25, 0.3) is 0 Å². The van der Waals surface area contributed by atoms with Crippen molar-refractivity contribution >= 4 is 56.3 Å². The molecule has 1 rings (SSSR count). The number of thioether (sulfide) groups is 1. The quantitative estimate of drug-likeness (QED) is 0.281. The number of carbonyl (C=O) groups excluding carboxylic acids is 1. The van der Waals surface area contributed by atoms with Crippen LogP contribution in [0.3, 0.4) is 0 Å². The van der Waals surface area contributed by atoms with Gasteiger partial charge in [0, 0.05) is 11.8 Å². The first-order valence-corrected chi connectivity index (χ1v) is 11.6. The smallest absolute Gasteiger partial charge is 0.413 e. The van der Waals surface area contributed by atoms with Gasteiger partial charge in [-0.15, -0.1) is 0 Å². The van der Waals surface area contributed by atoms with Gasteiger partial charge < -0.3 is 21.2 Å². The molecule has 1 heterocycles. The zero-order chi connectivity index (χ0) is 14.0. The standard InChI is InChI=1S/C8H14O6SSi4/c1-3-8(9)10-4-5-15-6-7-19(2)13-17-11-16-12-18-14-19/h3H,1,4-7H2,2H3. The van der Waals surface area contributed by atoms with Gasteiger partial charge in [0.15, 0.2) is 0 Å². The second kappa shape index (κ2) is 10.1. The van der Waals surface area contributed by atoms with Crippen LogP contribution >= 0.6 is 11.8 Å². The van der Waals surface area contributed by atoms with Gasteiger partial charge in [0.05, 0.1) is 0 Å². The summed E-state index contributed by atoms with van der Waals surface area (Å²) < 4.78 is 26.5. The lowest BCUT2D eigenvalue weighted by atomic mass is 10.6. The lowest BCUT2D eigenvalue weighted by molar-refractivity contribution is -0.137. The zero-order valence-corrected chi connectivity index (χ0v) is 15.3. The second-order valence-corrected chi connectivity index (χ2v) is 11.3. The van der Waals surface area contributed by atoms with Crippen molar-refractivity contribution in [2.24, 2.45) is 0 Å². The van der Waals surface area contributed by atoms with Crippen LogP contribution in [0.1, 0.15) is 0 Å². The fraction of sp³-hybridized carbons (Fsp3) is 0.625. The van der Waals surface area contributed by atoms with Gasteiger partial charge in [-0.2, -0.15) is 11.8 Å². The van der Waals surface area contributed by atoms with Crippen molar-refractivity contribution in [2.75, 3.05) is 18.1 Å². The van der Waals surface area contributed by atoms with Crippen molar-refractivity contribution in [3.63, 3.8) is 0 Å². The fourth-order valence-corrected chi connectivity index (χ4v) is 8.15. The van der Waals surface area contributed by atoms with Crippen LogP contribution in [-0.2, 0) is 26.0 Å². The molecule has 1 aliphatic heterocycles. The molecule has 0 aromatic heterocycles. The van der Waals surface area contributed by atoms with Crippen LogP contribution in [0, 0.1) is 0 Å². The Kier molecular flexibility index (Phi) is 9.17. The van der Waals surface area contributed by atoms with Gasteiger partial charge >= 0.3 is 44.6 Å². The first kappa shape index (κ1) is 17.3. The summed E-state index contributed by atoms with van der Waals surface area (Å²) in [5, 5.41) is 0. The van der Waals surface area contributed by atoms with Crippen molar-refractivity contribution in [1.29, 1.82) is 0 Å². The Labute approximate surface area is 126 Å². The number of rotatable bonds is 7. The van der Waals surface area contributed by atoms with Gasteiger partial charge in [0.1, 0.15) is 6.61 Å². The Bertz CT molecular complexity index is 286. The highest BCUT2D eigenvalue weighted by Crippen LogP contribution is 2.17. The van der Waals surface area contributed by atoms with Crippen molar-refractivity contribution < 1.29 is 26.0 Å². The van der Waals surface area contributed by atoms with Crippen molar-refractivity contribution in [1.82, 2.24) is 0 Å². The van der Waals surface area contributed by atoms with Crippen molar-refractivity contribution in [3.8, 4) is 0 Å².